The monoisotopic (exact) mass is 652 g/mol. The van der Waals surface area contributed by atoms with E-state index in [-0.39, 0.29) is 18.7 Å². The van der Waals surface area contributed by atoms with Crippen molar-refractivity contribution < 1.29 is 62.5 Å². The Morgan fingerprint density at radius 1 is 0.889 bits per heavy atom. The van der Waals surface area contributed by atoms with Crippen LogP contribution in [0, 0.1) is 13.8 Å². The molecule has 5 nitrogen and oxygen atoms in total. The second kappa shape index (κ2) is 13.8. The minimum absolute atomic E-state index is 0.286. The number of nitrogens with one attached hydrogen (secondary N) is 2. The summed E-state index contributed by atoms with van der Waals surface area (Å²) in [7, 11) is -4.73. The number of anilines is 1. The predicted octanol–water partition coefficient (Wildman–Crippen LogP) is 7.21. The van der Waals surface area contributed by atoms with E-state index in [1.165, 1.54) is 7.11 Å². The number of esters is 1. The number of benzene rings is 3. The van der Waals surface area contributed by atoms with Crippen LogP contribution in [-0.4, -0.2) is 45.8 Å². The molecule has 2 aromatic carbocycles. The van der Waals surface area contributed by atoms with Crippen LogP contribution in [0.4, 0.5) is 49.3 Å². The van der Waals surface area contributed by atoms with Crippen molar-refractivity contribution in [3.63, 3.8) is 0 Å². The molecule has 1 aliphatic heterocycles. The number of methoxy groups -OCH3 is 1. The Labute approximate surface area is 250 Å². The van der Waals surface area contributed by atoms with Crippen molar-refractivity contribution in [2.45, 2.75) is 39.0 Å². The van der Waals surface area contributed by atoms with E-state index in [2.05, 4.69) is 10.3 Å². The highest BCUT2D eigenvalue weighted by molar-refractivity contribution is 6.50. The number of aryl methyl sites for hydroxylation is 2. The molecule has 0 unspecified atom stereocenters. The number of alkyl halides is 6. The van der Waals surface area contributed by atoms with E-state index in [4.69, 9.17) is 9.15 Å². The molecule has 0 saturated heterocycles. The number of hydrogen-bond acceptors (Lipinski definition) is 4. The van der Waals surface area contributed by atoms with E-state index in [9.17, 15) is 48.4 Å². The van der Waals surface area contributed by atoms with Crippen LogP contribution in [0.25, 0.3) is 33.4 Å². The molecule has 0 fully saturated rings. The van der Waals surface area contributed by atoms with Gasteiger partial charge in [-0.05, 0) is 43.2 Å². The molecule has 1 heterocycles. The van der Waals surface area contributed by atoms with E-state index in [1.54, 1.807) is 62.4 Å². The van der Waals surface area contributed by atoms with Gasteiger partial charge in [-0.3, -0.25) is 0 Å². The number of halogens is 10. The summed E-state index contributed by atoms with van der Waals surface area (Å²) < 4.78 is 126. The molecule has 0 aromatic heterocycles. The zero-order chi connectivity index (χ0) is 33.7. The van der Waals surface area contributed by atoms with E-state index < -0.39 is 38.4 Å². The molecule has 16 heteroatoms. The maximum absolute atomic E-state index is 12.7. The van der Waals surface area contributed by atoms with Crippen LogP contribution in [0.1, 0.15) is 34.3 Å². The third-order valence-corrected chi connectivity index (χ3v) is 6.46. The van der Waals surface area contributed by atoms with E-state index in [0.717, 1.165) is 0 Å². The Hall–Kier alpha value is -4.24. The molecule has 0 saturated carbocycles. The molecular formula is C29H27BF10N2O3. The number of rotatable bonds is 7. The van der Waals surface area contributed by atoms with E-state index in [0.29, 0.717) is 55.6 Å². The summed E-state index contributed by atoms with van der Waals surface area (Å²) in [6.45, 7) is 2.81. The largest absolute Gasteiger partial charge is 0.673 e. The Bertz CT molecular complexity index is 1690. The SMILES string of the molecule is COC(=O)c1ccccc1-c1c2cc(C)c(=[NH+]CCC(F)(F)F)cc-2oc2cc(NCCC(F)(F)F)c(C)cc12.F[B-](F)(F)F. The molecule has 0 radical (unpaired) electrons. The summed E-state index contributed by atoms with van der Waals surface area (Å²) in [5.74, 6) is -0.255. The summed E-state index contributed by atoms with van der Waals surface area (Å²) >= 11 is 0. The molecule has 45 heavy (non-hydrogen) atoms. The predicted molar refractivity (Wildman–Crippen MR) is 148 cm³/mol. The van der Waals surface area contributed by atoms with Crippen molar-refractivity contribution in [2.24, 2.45) is 0 Å². The maximum Gasteiger partial charge on any atom is 0.673 e. The molecule has 0 atom stereocenters. The minimum Gasteiger partial charge on any atom is -0.465 e. The Kier molecular flexibility index (Phi) is 10.8. The third-order valence-electron chi connectivity index (χ3n) is 6.46. The van der Waals surface area contributed by atoms with Crippen LogP contribution in [0.15, 0.2) is 52.9 Å². The highest BCUT2D eigenvalue weighted by Gasteiger charge is 2.29. The van der Waals surface area contributed by atoms with Crippen molar-refractivity contribution in [3.05, 3.63) is 70.6 Å². The van der Waals surface area contributed by atoms with Gasteiger partial charge < -0.3 is 31.7 Å². The Balaban J connectivity index is 0.00000102. The first-order chi connectivity index (χ1) is 20.8. The minimum atomic E-state index is -6.00. The van der Waals surface area contributed by atoms with Crippen LogP contribution in [0.3, 0.4) is 0 Å². The van der Waals surface area contributed by atoms with Crippen molar-refractivity contribution in [1.82, 2.24) is 0 Å². The zero-order valence-corrected chi connectivity index (χ0v) is 24.0. The third kappa shape index (κ3) is 10.1. The van der Waals surface area contributed by atoms with Crippen LogP contribution < -0.4 is 15.7 Å². The van der Waals surface area contributed by atoms with Crippen molar-refractivity contribution in [2.75, 3.05) is 25.5 Å². The number of fused-ring (bicyclic) bond motifs is 2. The average Bonchev–Trinajstić information content (AvgIpc) is 2.90. The van der Waals surface area contributed by atoms with Crippen LogP contribution >= 0.6 is 0 Å². The fraction of sp³-hybridized carbons (Fsp3) is 0.310. The van der Waals surface area contributed by atoms with Gasteiger partial charge in [-0.15, -0.1) is 0 Å². The molecule has 2 aromatic rings. The first-order valence-corrected chi connectivity index (χ1v) is 13.3. The highest BCUT2D eigenvalue weighted by Crippen LogP contribution is 2.43. The van der Waals surface area contributed by atoms with E-state index in [1.807, 2.05) is 0 Å². The van der Waals surface area contributed by atoms with Gasteiger partial charge in [-0.2, -0.15) is 26.3 Å². The van der Waals surface area contributed by atoms with Gasteiger partial charge in [0.2, 0.25) is 5.36 Å². The molecule has 0 amide bonds. The lowest BCUT2D eigenvalue weighted by molar-refractivity contribution is -0.507. The van der Waals surface area contributed by atoms with Gasteiger partial charge >= 0.3 is 25.6 Å². The normalized spacial score (nSPS) is 12.7. The summed E-state index contributed by atoms with van der Waals surface area (Å²) in [6, 6.07) is 13.5. The molecule has 4 rings (SSSR count). The quantitative estimate of drug-likeness (QED) is 0.0960. The molecule has 0 spiro atoms. The molecule has 2 N–H and O–H groups in total. The zero-order valence-electron chi connectivity index (χ0n) is 24.0. The fourth-order valence-electron chi connectivity index (χ4n) is 4.54. The summed E-state index contributed by atoms with van der Waals surface area (Å²) in [4.78, 5) is 15.5. The van der Waals surface area contributed by atoms with Gasteiger partial charge in [0.25, 0.3) is 0 Å². The van der Waals surface area contributed by atoms with E-state index >= 15 is 0 Å². The van der Waals surface area contributed by atoms with Gasteiger partial charge in [0.1, 0.15) is 24.3 Å². The lowest BCUT2D eigenvalue weighted by Crippen LogP contribution is -2.77. The first kappa shape index (κ1) is 35.2. The molecule has 0 bridgehead atoms. The second-order valence-corrected chi connectivity index (χ2v) is 9.92. The van der Waals surface area contributed by atoms with Crippen LogP contribution in [0.2, 0.25) is 0 Å². The summed E-state index contributed by atoms with van der Waals surface area (Å²) in [5.41, 5.74) is 4.09. The number of ether oxygens (including phenoxy) is 1. The number of hydrogen-bond donors (Lipinski definition) is 2. The first-order valence-electron chi connectivity index (χ1n) is 13.3. The summed E-state index contributed by atoms with van der Waals surface area (Å²) in [5, 5.41) is 3.83. The Morgan fingerprint density at radius 3 is 2.11 bits per heavy atom. The second-order valence-electron chi connectivity index (χ2n) is 9.92. The van der Waals surface area contributed by atoms with Crippen molar-refractivity contribution >= 4 is 29.9 Å². The van der Waals surface area contributed by atoms with Gasteiger partial charge in [0.15, 0.2) is 0 Å². The van der Waals surface area contributed by atoms with Gasteiger partial charge in [0.05, 0.1) is 25.2 Å². The standard InChI is InChI=1S/C29H26F6N2O3.BF4/c1-16-12-20-24(14-22(16)36-10-8-28(30,31)32)40-25-15-23(37-11-9-29(33,34)35)17(2)13-21(25)26(20)18-6-4-5-7-19(18)27(38)39-3;2-1(3,4)5/h4-7,12-15,36H,8-11H2,1-3H3;/q;-1/p+1. The fourth-order valence-corrected chi connectivity index (χ4v) is 4.54. The average molecular weight is 652 g/mol. The molecular weight excluding hydrogens is 625 g/mol. The smallest absolute Gasteiger partial charge is 0.465 e. The number of carbonyl (C=O) groups is 1. The molecule has 244 valence electrons. The van der Waals surface area contributed by atoms with Gasteiger partial charge in [0, 0.05) is 40.4 Å². The lowest BCUT2D eigenvalue weighted by Gasteiger charge is -2.19. The molecule has 1 aliphatic carbocycles. The van der Waals surface area contributed by atoms with Crippen molar-refractivity contribution in [1.29, 1.82) is 0 Å². The van der Waals surface area contributed by atoms with Crippen LogP contribution in [-0.2, 0) is 4.74 Å². The molecule has 2 aliphatic rings. The maximum atomic E-state index is 12.7. The van der Waals surface area contributed by atoms with Crippen LogP contribution in [0.5, 0.6) is 0 Å². The number of carbonyl (C=O) groups excluding carboxylic acids is 1. The van der Waals surface area contributed by atoms with Gasteiger partial charge in [-0.25, -0.2) is 9.79 Å². The lowest BCUT2D eigenvalue weighted by atomic mass is 9.89. The Morgan fingerprint density at radius 2 is 1.51 bits per heavy atom. The van der Waals surface area contributed by atoms with Gasteiger partial charge in [-0.1, -0.05) is 18.2 Å². The summed E-state index contributed by atoms with van der Waals surface area (Å²) in [6.07, 6.45) is -10.7. The topological polar surface area (TPSA) is 65.4 Å². The highest BCUT2D eigenvalue weighted by atomic mass is 19.5. The van der Waals surface area contributed by atoms with Crippen molar-refractivity contribution in [3.8, 4) is 22.5 Å².